The minimum Gasteiger partial charge on any atom is -0.444 e. The monoisotopic (exact) mass is 253 g/mol. The average Bonchev–Trinajstić information content (AvgIpc) is 2.57. The molecule has 0 spiro atoms. The molecule has 0 aromatic rings. The number of rotatable bonds is 3. The van der Waals surface area contributed by atoms with Crippen LogP contribution in [-0.4, -0.2) is 23.5 Å². The molecule has 1 aliphatic carbocycles. The van der Waals surface area contributed by atoms with E-state index >= 15 is 0 Å². The van der Waals surface area contributed by atoms with E-state index in [9.17, 15) is 9.59 Å². The Morgan fingerprint density at radius 2 is 2.06 bits per heavy atom. The second kappa shape index (κ2) is 5.12. The highest BCUT2D eigenvalue weighted by Gasteiger charge is 2.44. The maximum atomic E-state index is 11.9. The van der Waals surface area contributed by atoms with Gasteiger partial charge in [0.2, 0.25) is 0 Å². The molecule has 18 heavy (non-hydrogen) atoms. The van der Waals surface area contributed by atoms with Crippen LogP contribution in [0, 0.1) is 5.41 Å². The number of alkyl carbamates (subject to hydrolysis) is 1. The molecule has 1 N–H and O–H groups in total. The summed E-state index contributed by atoms with van der Waals surface area (Å²) in [5.41, 5.74) is -1.07. The van der Waals surface area contributed by atoms with Gasteiger partial charge in [0, 0.05) is 6.04 Å². The minimum absolute atomic E-state index is 0.0129. The maximum Gasteiger partial charge on any atom is 0.407 e. The van der Waals surface area contributed by atoms with Crippen LogP contribution in [0.1, 0.15) is 47.0 Å². The molecule has 2 atom stereocenters. The number of carbonyl (C=O) groups excluding carboxylic acids is 2. The van der Waals surface area contributed by atoms with Crippen LogP contribution in [0.2, 0.25) is 0 Å². The Morgan fingerprint density at radius 1 is 1.44 bits per heavy atom. The molecule has 1 rings (SSSR count). The predicted octanol–water partition coefficient (Wildman–Crippen LogP) is 2.83. The largest absolute Gasteiger partial charge is 0.444 e. The SMILES string of the molecule is C=CC(=O)C1(C)CCCC1NC(=O)OC(C)(C)C. The zero-order valence-corrected chi connectivity index (χ0v) is 11.7. The second-order valence-corrected chi connectivity index (χ2v) is 6.08. The van der Waals surface area contributed by atoms with Crippen molar-refractivity contribution in [2.75, 3.05) is 0 Å². The van der Waals surface area contributed by atoms with Gasteiger partial charge in [-0.05, 0) is 39.7 Å². The van der Waals surface area contributed by atoms with Crippen LogP contribution in [0.5, 0.6) is 0 Å². The van der Waals surface area contributed by atoms with E-state index < -0.39 is 17.1 Å². The number of nitrogens with one attached hydrogen (secondary N) is 1. The summed E-state index contributed by atoms with van der Waals surface area (Å²) >= 11 is 0. The molecule has 1 fully saturated rings. The Balaban J connectivity index is 2.69. The van der Waals surface area contributed by atoms with E-state index in [0.717, 1.165) is 19.3 Å². The van der Waals surface area contributed by atoms with Crippen LogP contribution in [0.4, 0.5) is 4.79 Å². The number of ketones is 1. The second-order valence-electron chi connectivity index (χ2n) is 6.08. The first-order chi connectivity index (χ1) is 8.19. The quantitative estimate of drug-likeness (QED) is 0.787. The number of hydrogen-bond donors (Lipinski definition) is 1. The molecule has 1 saturated carbocycles. The lowest BCUT2D eigenvalue weighted by Gasteiger charge is -2.30. The molecular weight excluding hydrogens is 230 g/mol. The number of ether oxygens (including phenoxy) is 1. The molecule has 0 radical (unpaired) electrons. The molecule has 0 aliphatic heterocycles. The molecule has 0 aromatic heterocycles. The maximum absolute atomic E-state index is 11.9. The van der Waals surface area contributed by atoms with Gasteiger partial charge in [-0.25, -0.2) is 4.79 Å². The summed E-state index contributed by atoms with van der Waals surface area (Å²) in [6.07, 6.45) is 3.39. The van der Waals surface area contributed by atoms with Crippen LogP contribution in [0.25, 0.3) is 0 Å². The summed E-state index contributed by atoms with van der Waals surface area (Å²) in [4.78, 5) is 23.6. The summed E-state index contributed by atoms with van der Waals surface area (Å²) in [5, 5.41) is 2.81. The number of amides is 1. The molecular formula is C14H23NO3. The molecule has 0 aromatic carbocycles. The van der Waals surface area contributed by atoms with Crippen molar-refractivity contribution in [1.82, 2.24) is 5.32 Å². The lowest BCUT2D eigenvalue weighted by molar-refractivity contribution is -0.123. The Hall–Kier alpha value is -1.32. The standard InChI is InChI=1S/C14H23NO3/c1-6-11(16)14(5)9-7-8-10(14)15-12(17)18-13(2,3)4/h6,10H,1,7-9H2,2-5H3,(H,15,17). The average molecular weight is 253 g/mol. The van der Waals surface area contributed by atoms with Crippen LogP contribution in [-0.2, 0) is 9.53 Å². The zero-order valence-electron chi connectivity index (χ0n) is 11.7. The fraction of sp³-hybridized carbons (Fsp3) is 0.714. The van der Waals surface area contributed by atoms with Crippen molar-refractivity contribution in [3.05, 3.63) is 12.7 Å². The van der Waals surface area contributed by atoms with Crippen LogP contribution in [0.3, 0.4) is 0 Å². The molecule has 102 valence electrons. The first-order valence-corrected chi connectivity index (χ1v) is 6.35. The van der Waals surface area contributed by atoms with E-state index in [1.807, 2.05) is 27.7 Å². The fourth-order valence-electron chi connectivity index (χ4n) is 2.38. The van der Waals surface area contributed by atoms with Crippen LogP contribution >= 0.6 is 0 Å². The van der Waals surface area contributed by atoms with E-state index in [4.69, 9.17) is 4.74 Å². The summed E-state index contributed by atoms with van der Waals surface area (Å²) in [5.74, 6) is -0.0129. The summed E-state index contributed by atoms with van der Waals surface area (Å²) in [7, 11) is 0. The van der Waals surface area contributed by atoms with Crippen LogP contribution < -0.4 is 5.32 Å². The fourth-order valence-corrected chi connectivity index (χ4v) is 2.38. The van der Waals surface area contributed by atoms with Crippen molar-refractivity contribution in [2.45, 2.75) is 58.6 Å². The van der Waals surface area contributed by atoms with E-state index in [0.29, 0.717) is 0 Å². The van der Waals surface area contributed by atoms with Gasteiger partial charge in [0.25, 0.3) is 0 Å². The summed E-state index contributed by atoms with van der Waals surface area (Å²) in [6, 6.07) is -0.169. The van der Waals surface area contributed by atoms with Gasteiger partial charge in [0.05, 0.1) is 5.41 Å². The Morgan fingerprint density at radius 3 is 2.56 bits per heavy atom. The third-order valence-electron chi connectivity index (χ3n) is 3.40. The Kier molecular flexibility index (Phi) is 4.20. The van der Waals surface area contributed by atoms with Gasteiger partial charge < -0.3 is 10.1 Å². The van der Waals surface area contributed by atoms with Crippen molar-refractivity contribution in [3.63, 3.8) is 0 Å². The first-order valence-electron chi connectivity index (χ1n) is 6.35. The molecule has 0 saturated heterocycles. The van der Waals surface area contributed by atoms with E-state index in [-0.39, 0.29) is 11.8 Å². The molecule has 1 amide bonds. The summed E-state index contributed by atoms with van der Waals surface area (Å²) in [6.45, 7) is 10.9. The van der Waals surface area contributed by atoms with Gasteiger partial charge in [-0.1, -0.05) is 19.9 Å². The molecule has 1 aliphatic rings. The molecule has 0 heterocycles. The molecule has 2 unspecified atom stereocenters. The summed E-state index contributed by atoms with van der Waals surface area (Å²) < 4.78 is 5.22. The predicted molar refractivity (Wildman–Crippen MR) is 70.3 cm³/mol. The van der Waals surface area contributed by atoms with Gasteiger partial charge in [-0.3, -0.25) is 4.79 Å². The third kappa shape index (κ3) is 3.34. The molecule has 0 bridgehead atoms. The highest BCUT2D eigenvalue weighted by Crippen LogP contribution is 2.39. The lowest BCUT2D eigenvalue weighted by atomic mass is 9.80. The molecule has 4 heteroatoms. The first kappa shape index (κ1) is 14.7. The third-order valence-corrected chi connectivity index (χ3v) is 3.40. The van der Waals surface area contributed by atoms with Crippen molar-refractivity contribution in [1.29, 1.82) is 0 Å². The molecule has 4 nitrogen and oxygen atoms in total. The van der Waals surface area contributed by atoms with Gasteiger partial charge in [0.15, 0.2) is 5.78 Å². The number of allylic oxidation sites excluding steroid dienone is 1. The minimum atomic E-state index is -0.543. The van der Waals surface area contributed by atoms with E-state index in [2.05, 4.69) is 11.9 Å². The lowest BCUT2D eigenvalue weighted by Crippen LogP contribution is -2.48. The van der Waals surface area contributed by atoms with Crippen molar-refractivity contribution in [2.24, 2.45) is 5.41 Å². The Bertz CT molecular complexity index is 357. The smallest absolute Gasteiger partial charge is 0.407 e. The Labute approximate surface area is 109 Å². The van der Waals surface area contributed by atoms with E-state index in [1.54, 1.807) is 0 Å². The highest BCUT2D eigenvalue weighted by molar-refractivity contribution is 5.95. The van der Waals surface area contributed by atoms with Crippen molar-refractivity contribution >= 4 is 11.9 Å². The van der Waals surface area contributed by atoms with Gasteiger partial charge in [-0.2, -0.15) is 0 Å². The number of carbonyl (C=O) groups is 2. The number of hydrogen-bond acceptors (Lipinski definition) is 3. The van der Waals surface area contributed by atoms with Crippen molar-refractivity contribution < 1.29 is 14.3 Å². The van der Waals surface area contributed by atoms with Gasteiger partial charge in [0.1, 0.15) is 5.60 Å². The zero-order chi connectivity index (χ0) is 14.0. The normalized spacial score (nSPS) is 27.7. The van der Waals surface area contributed by atoms with Crippen molar-refractivity contribution in [3.8, 4) is 0 Å². The van der Waals surface area contributed by atoms with Gasteiger partial charge in [-0.15, -0.1) is 0 Å². The topological polar surface area (TPSA) is 55.4 Å². The van der Waals surface area contributed by atoms with Gasteiger partial charge >= 0.3 is 6.09 Å². The highest BCUT2D eigenvalue weighted by atomic mass is 16.6. The van der Waals surface area contributed by atoms with E-state index in [1.165, 1.54) is 6.08 Å². The van der Waals surface area contributed by atoms with Crippen LogP contribution in [0.15, 0.2) is 12.7 Å².